The second-order valence-corrected chi connectivity index (χ2v) is 21.4. The third kappa shape index (κ3) is 6.35. The fraction of sp³-hybridized carbons (Fsp3) is 0.694. The van der Waals surface area contributed by atoms with Crippen LogP contribution in [-0.2, 0) is 25.7 Å². The Kier molecular flexibility index (Phi) is 10.2. The van der Waals surface area contributed by atoms with E-state index in [4.69, 9.17) is 9.47 Å². The van der Waals surface area contributed by atoms with Gasteiger partial charge in [-0.1, -0.05) is 91.0 Å². The van der Waals surface area contributed by atoms with E-state index >= 15 is 0 Å². The van der Waals surface area contributed by atoms with Crippen LogP contribution in [0.25, 0.3) is 0 Å². The zero-order valence-corrected chi connectivity index (χ0v) is 36.0. The van der Waals surface area contributed by atoms with Gasteiger partial charge in [0.25, 0.3) is 0 Å². The molecule has 0 spiro atoms. The van der Waals surface area contributed by atoms with Gasteiger partial charge in [-0.3, -0.25) is 9.59 Å². The first kappa shape index (κ1) is 41.0. The first-order valence-electron chi connectivity index (χ1n) is 21.6. The Morgan fingerprint density at radius 3 is 2.23 bits per heavy atom. The summed E-state index contributed by atoms with van der Waals surface area (Å²) < 4.78 is 26.2. The lowest BCUT2D eigenvalue weighted by Gasteiger charge is -2.71. The van der Waals surface area contributed by atoms with Crippen LogP contribution in [0.15, 0.2) is 64.8 Å². The van der Waals surface area contributed by atoms with Crippen molar-refractivity contribution in [3.05, 3.63) is 70.3 Å². The number of rotatable bonds is 7. The van der Waals surface area contributed by atoms with Crippen molar-refractivity contribution in [1.82, 2.24) is 5.32 Å². The van der Waals surface area contributed by atoms with E-state index in [-0.39, 0.29) is 45.9 Å². The largest absolute Gasteiger partial charge is 0.460 e. The van der Waals surface area contributed by atoms with Crippen molar-refractivity contribution in [2.24, 2.45) is 50.7 Å². The molecule has 1 aromatic carbocycles. The number of esters is 1. The van der Waals surface area contributed by atoms with Gasteiger partial charge in [0.15, 0.2) is 5.78 Å². The van der Waals surface area contributed by atoms with Gasteiger partial charge >= 0.3 is 12.1 Å². The van der Waals surface area contributed by atoms with E-state index in [0.29, 0.717) is 37.5 Å². The number of ketones is 1. The minimum Gasteiger partial charge on any atom is -0.460 e. The van der Waals surface area contributed by atoms with Gasteiger partial charge in [-0.25, -0.2) is 9.18 Å². The predicted octanol–water partition coefficient (Wildman–Crippen LogP) is 11.6. The fourth-order valence-electron chi connectivity index (χ4n) is 13.8. The molecule has 1 N–H and O–H groups in total. The van der Waals surface area contributed by atoms with Gasteiger partial charge in [0.05, 0.1) is 11.0 Å². The smallest absolute Gasteiger partial charge is 0.408 e. The van der Waals surface area contributed by atoms with E-state index in [0.717, 1.165) is 56.1 Å². The molecule has 1 amide bonds. The summed E-state index contributed by atoms with van der Waals surface area (Å²) in [7, 11) is 0. The van der Waals surface area contributed by atoms with Crippen molar-refractivity contribution >= 4 is 17.8 Å². The molecule has 3 saturated carbocycles. The molecule has 3 fully saturated rings. The molecule has 0 bridgehead atoms. The Bertz CT molecular complexity index is 1850. The highest BCUT2D eigenvalue weighted by atomic mass is 19.1. The average Bonchev–Trinajstić information content (AvgIpc) is 3.42. The Morgan fingerprint density at radius 1 is 0.893 bits per heavy atom. The number of hydrogen-bond donors (Lipinski definition) is 1. The Labute approximate surface area is 335 Å². The molecule has 56 heavy (non-hydrogen) atoms. The molecule has 306 valence electrons. The van der Waals surface area contributed by atoms with E-state index in [9.17, 15) is 18.8 Å². The molecule has 1 aromatic rings. The van der Waals surface area contributed by atoms with Crippen LogP contribution in [0.1, 0.15) is 145 Å². The SMILES string of the molecule is CC(C)C1=C2[C@H]3CC[C@@H]4[C@@]5(C)CC=C(C6=CC[C@](CF)(C(=O)OCc7ccccc7)CC6)C(C)(C)[C@@H]5CC[C@@]4(C)[C@]3(C)CC[C@@]2(NC(=O)OC(C)(C)C)CC1=O. The Morgan fingerprint density at radius 2 is 1.61 bits per heavy atom. The highest BCUT2D eigenvalue weighted by molar-refractivity contribution is 6.02. The second kappa shape index (κ2) is 14.0. The third-order valence-electron chi connectivity index (χ3n) is 16.6. The first-order valence-corrected chi connectivity index (χ1v) is 21.6. The monoisotopic (exact) mass is 770 g/mol. The van der Waals surface area contributed by atoms with E-state index in [1.54, 1.807) is 0 Å². The van der Waals surface area contributed by atoms with E-state index < -0.39 is 35.3 Å². The number of nitrogens with one attached hydrogen (secondary N) is 1. The highest BCUT2D eigenvalue weighted by Gasteiger charge is 2.70. The number of carbonyl (C=O) groups excluding carboxylic acids is 3. The third-order valence-corrected chi connectivity index (χ3v) is 16.6. The van der Waals surface area contributed by atoms with Crippen LogP contribution in [0.3, 0.4) is 0 Å². The normalized spacial score (nSPS) is 37.7. The quantitative estimate of drug-likeness (QED) is 0.279. The fourth-order valence-corrected chi connectivity index (χ4v) is 13.8. The molecule has 0 radical (unpaired) electrons. The van der Waals surface area contributed by atoms with Crippen LogP contribution in [0, 0.1) is 50.7 Å². The van der Waals surface area contributed by atoms with E-state index in [2.05, 4.69) is 65.9 Å². The standard InChI is InChI=1S/C49H68FNO5/c1-31(2)39-36(52)28-49(51-42(54)56-43(3,4)5)27-26-46(9)35(40(39)49)16-17-38-45(8)22-20-34(44(6,7)37(45)21-23-47(38,46)10)33-18-24-48(30-50,25-19-33)41(53)55-29-32-14-12-11-13-15-32/h11-15,18,20,31,35,37-38H,16-17,19,21-30H2,1-10H3,(H,51,54)/t35-,37+,38-,45+,46-,47-,48+,49-/m1/s1. The molecule has 0 aliphatic heterocycles. The number of Topliss-reactive ketones (excluding diaryl/α,β-unsaturated/α-hetero) is 1. The van der Waals surface area contributed by atoms with Gasteiger partial charge in [-0.05, 0) is 158 Å². The number of alkyl carbamates (subject to hydrolysis) is 1. The van der Waals surface area contributed by atoms with Gasteiger partial charge in [0.2, 0.25) is 0 Å². The van der Waals surface area contributed by atoms with Crippen molar-refractivity contribution in [2.45, 2.75) is 158 Å². The molecule has 8 atom stereocenters. The maximum Gasteiger partial charge on any atom is 0.408 e. The summed E-state index contributed by atoms with van der Waals surface area (Å²) in [5.74, 6) is 1.06. The number of carbonyl (C=O) groups is 3. The molecule has 0 aromatic heterocycles. The van der Waals surface area contributed by atoms with Gasteiger partial charge < -0.3 is 14.8 Å². The van der Waals surface area contributed by atoms with Gasteiger partial charge in [0.1, 0.15) is 18.9 Å². The van der Waals surface area contributed by atoms with Crippen LogP contribution in [0.2, 0.25) is 0 Å². The van der Waals surface area contributed by atoms with Gasteiger partial charge in [-0.2, -0.15) is 0 Å². The molecule has 7 heteroatoms. The minimum atomic E-state index is -1.12. The van der Waals surface area contributed by atoms with E-state index in [1.807, 2.05) is 51.1 Å². The number of amides is 1. The maximum absolute atomic E-state index is 14.7. The van der Waals surface area contributed by atoms with Crippen LogP contribution < -0.4 is 5.32 Å². The Balaban J connectivity index is 1.15. The summed E-state index contributed by atoms with van der Waals surface area (Å²) in [5.41, 5.74) is 3.38. The molecule has 6 aliphatic carbocycles. The van der Waals surface area contributed by atoms with Crippen molar-refractivity contribution in [3.63, 3.8) is 0 Å². The summed E-state index contributed by atoms with van der Waals surface area (Å²) in [4.78, 5) is 40.7. The van der Waals surface area contributed by atoms with Crippen molar-refractivity contribution in [1.29, 1.82) is 0 Å². The van der Waals surface area contributed by atoms with Crippen molar-refractivity contribution in [3.8, 4) is 0 Å². The van der Waals surface area contributed by atoms with Crippen molar-refractivity contribution < 1.29 is 28.2 Å². The van der Waals surface area contributed by atoms with Crippen LogP contribution >= 0.6 is 0 Å². The number of hydrogen-bond acceptors (Lipinski definition) is 5. The minimum absolute atomic E-state index is 0.0199. The number of halogens is 1. The molecule has 0 unspecified atom stereocenters. The molecule has 6 aliphatic rings. The lowest BCUT2D eigenvalue weighted by molar-refractivity contribution is -0.196. The lowest BCUT2D eigenvalue weighted by atomic mass is 9.33. The summed E-state index contributed by atoms with van der Waals surface area (Å²) in [6.07, 6.45) is 13.2. The predicted molar refractivity (Wildman–Crippen MR) is 219 cm³/mol. The number of ether oxygens (including phenoxy) is 2. The van der Waals surface area contributed by atoms with Crippen molar-refractivity contribution in [2.75, 3.05) is 6.67 Å². The number of allylic oxidation sites excluding steroid dienone is 5. The van der Waals surface area contributed by atoms with Gasteiger partial charge in [0, 0.05) is 6.42 Å². The molecule has 0 heterocycles. The lowest BCUT2D eigenvalue weighted by Crippen LogP contribution is -2.66. The Hall–Kier alpha value is -3.22. The average molecular weight is 770 g/mol. The number of benzene rings is 1. The topological polar surface area (TPSA) is 81.7 Å². The molecule has 0 saturated heterocycles. The summed E-state index contributed by atoms with van der Waals surface area (Å²) >= 11 is 0. The molecular weight excluding hydrogens is 702 g/mol. The second-order valence-electron chi connectivity index (χ2n) is 21.4. The highest BCUT2D eigenvalue weighted by Crippen LogP contribution is 2.76. The van der Waals surface area contributed by atoms with Crippen LogP contribution in [0.4, 0.5) is 9.18 Å². The number of fused-ring (bicyclic) bond motifs is 7. The molecule has 7 rings (SSSR count). The number of alkyl halides is 1. The first-order chi connectivity index (χ1) is 26.2. The van der Waals surface area contributed by atoms with E-state index in [1.165, 1.54) is 16.7 Å². The summed E-state index contributed by atoms with van der Waals surface area (Å²) in [6.45, 7) is 21.9. The molecule has 6 nitrogen and oxygen atoms in total. The van der Waals surface area contributed by atoms with Crippen LogP contribution in [0.5, 0.6) is 0 Å². The summed E-state index contributed by atoms with van der Waals surface area (Å²) in [5, 5.41) is 3.33. The zero-order chi connectivity index (χ0) is 40.7. The molecular formula is C49H68FNO5. The summed E-state index contributed by atoms with van der Waals surface area (Å²) in [6, 6.07) is 9.60. The van der Waals surface area contributed by atoms with Gasteiger partial charge in [-0.15, -0.1) is 0 Å². The zero-order valence-electron chi connectivity index (χ0n) is 36.0. The van der Waals surface area contributed by atoms with Crippen LogP contribution in [-0.4, -0.2) is 35.7 Å². The maximum atomic E-state index is 14.7.